The zero-order valence-corrected chi connectivity index (χ0v) is 14.8. The zero-order chi connectivity index (χ0) is 17.7. The summed E-state index contributed by atoms with van der Waals surface area (Å²) in [6, 6.07) is 17.9. The van der Waals surface area contributed by atoms with Crippen molar-refractivity contribution in [1.82, 2.24) is 4.31 Å². The van der Waals surface area contributed by atoms with Gasteiger partial charge in [0.05, 0.1) is 4.90 Å². The summed E-state index contributed by atoms with van der Waals surface area (Å²) in [6.07, 6.45) is 1.83. The number of piperidine rings is 1. The summed E-state index contributed by atoms with van der Waals surface area (Å²) in [7, 11) is -3.43. The molecule has 1 amide bonds. The molecule has 1 saturated heterocycles. The molecule has 0 aliphatic carbocycles. The lowest BCUT2D eigenvalue weighted by atomic mass is 9.94. The van der Waals surface area contributed by atoms with Crippen LogP contribution in [0.1, 0.15) is 19.3 Å². The number of carbonyl (C=O) groups excluding carboxylic acids is 1. The van der Waals surface area contributed by atoms with Gasteiger partial charge < -0.3 is 5.32 Å². The smallest absolute Gasteiger partial charge is 0.243 e. The Labute approximate surface area is 148 Å². The summed E-state index contributed by atoms with van der Waals surface area (Å²) in [5.41, 5.74) is 0.789. The molecule has 0 saturated carbocycles. The minimum absolute atomic E-state index is 0.0180. The van der Waals surface area contributed by atoms with E-state index in [-0.39, 0.29) is 11.8 Å². The van der Waals surface area contributed by atoms with Crippen LogP contribution in [0.3, 0.4) is 0 Å². The molecule has 25 heavy (non-hydrogen) atoms. The van der Waals surface area contributed by atoms with Crippen molar-refractivity contribution in [2.24, 2.45) is 5.92 Å². The zero-order valence-electron chi connectivity index (χ0n) is 14.0. The number of benzene rings is 2. The second-order valence-electron chi connectivity index (χ2n) is 6.28. The summed E-state index contributed by atoms with van der Waals surface area (Å²) in [4.78, 5) is 12.5. The van der Waals surface area contributed by atoms with Crippen LogP contribution < -0.4 is 5.32 Å². The van der Waals surface area contributed by atoms with Crippen LogP contribution in [0, 0.1) is 5.92 Å². The summed E-state index contributed by atoms with van der Waals surface area (Å²) in [5.74, 6) is 0.196. The topological polar surface area (TPSA) is 66.5 Å². The Balaban J connectivity index is 1.53. The maximum Gasteiger partial charge on any atom is 0.243 e. The molecule has 1 heterocycles. The summed E-state index contributed by atoms with van der Waals surface area (Å²) in [6.45, 7) is 0.918. The first-order valence-corrected chi connectivity index (χ1v) is 9.90. The Morgan fingerprint density at radius 2 is 1.52 bits per heavy atom. The molecular formula is C19H22N2O3S. The molecule has 2 aromatic carbocycles. The van der Waals surface area contributed by atoms with Gasteiger partial charge in [-0.15, -0.1) is 0 Å². The third-order valence-electron chi connectivity index (χ3n) is 4.49. The minimum atomic E-state index is -3.43. The number of hydrogen-bond acceptors (Lipinski definition) is 3. The third-order valence-corrected chi connectivity index (χ3v) is 6.40. The Kier molecular flexibility index (Phi) is 5.50. The molecule has 0 aromatic heterocycles. The van der Waals surface area contributed by atoms with Crippen LogP contribution >= 0.6 is 0 Å². The highest BCUT2D eigenvalue weighted by molar-refractivity contribution is 7.89. The Morgan fingerprint density at radius 1 is 0.960 bits per heavy atom. The number of carbonyl (C=O) groups is 1. The second-order valence-corrected chi connectivity index (χ2v) is 8.22. The molecule has 1 aliphatic heterocycles. The quantitative estimate of drug-likeness (QED) is 0.893. The molecule has 0 bridgehead atoms. The van der Waals surface area contributed by atoms with E-state index >= 15 is 0 Å². The van der Waals surface area contributed by atoms with Gasteiger partial charge in [0.1, 0.15) is 0 Å². The second kappa shape index (κ2) is 7.80. The minimum Gasteiger partial charge on any atom is -0.326 e. The maximum absolute atomic E-state index is 12.6. The molecule has 5 nitrogen and oxygen atoms in total. The SMILES string of the molecule is O=C(CC1CCN(S(=O)(=O)c2ccccc2)CC1)Nc1ccccc1. The predicted octanol–water partition coefficient (Wildman–Crippen LogP) is 3.12. The summed E-state index contributed by atoms with van der Waals surface area (Å²) >= 11 is 0. The third kappa shape index (κ3) is 4.46. The van der Waals surface area contributed by atoms with Gasteiger partial charge in [-0.2, -0.15) is 4.31 Å². The fraction of sp³-hybridized carbons (Fsp3) is 0.316. The van der Waals surface area contributed by atoms with Crippen molar-refractivity contribution in [3.8, 4) is 0 Å². The highest BCUT2D eigenvalue weighted by atomic mass is 32.2. The summed E-state index contributed by atoms with van der Waals surface area (Å²) in [5, 5.41) is 2.89. The normalized spacial score (nSPS) is 16.5. The van der Waals surface area contributed by atoms with Crippen molar-refractivity contribution in [2.75, 3.05) is 18.4 Å². The summed E-state index contributed by atoms with van der Waals surface area (Å²) < 4.78 is 26.7. The van der Waals surface area contributed by atoms with E-state index < -0.39 is 10.0 Å². The molecule has 3 rings (SSSR count). The fourth-order valence-corrected chi connectivity index (χ4v) is 4.58. The van der Waals surface area contributed by atoms with E-state index in [1.807, 2.05) is 30.3 Å². The average molecular weight is 358 g/mol. The van der Waals surface area contributed by atoms with Gasteiger partial charge in [0, 0.05) is 25.2 Å². The lowest BCUT2D eigenvalue weighted by Crippen LogP contribution is -2.39. The van der Waals surface area contributed by atoms with Crippen molar-refractivity contribution < 1.29 is 13.2 Å². The number of nitrogens with one attached hydrogen (secondary N) is 1. The van der Waals surface area contributed by atoms with Gasteiger partial charge in [-0.25, -0.2) is 8.42 Å². The van der Waals surface area contributed by atoms with Crippen LogP contribution in [0.15, 0.2) is 65.6 Å². The molecule has 1 N–H and O–H groups in total. The number of sulfonamides is 1. The van der Waals surface area contributed by atoms with E-state index in [0.717, 1.165) is 5.69 Å². The van der Waals surface area contributed by atoms with Gasteiger partial charge in [-0.05, 0) is 43.0 Å². The number of rotatable bonds is 5. The Bertz CT molecular complexity index is 799. The van der Waals surface area contributed by atoms with Crippen molar-refractivity contribution >= 4 is 21.6 Å². The molecule has 0 atom stereocenters. The molecule has 0 spiro atoms. The van der Waals surface area contributed by atoms with Crippen molar-refractivity contribution in [3.63, 3.8) is 0 Å². The highest BCUT2D eigenvalue weighted by Gasteiger charge is 2.29. The van der Waals surface area contributed by atoms with E-state index in [9.17, 15) is 13.2 Å². The number of amides is 1. The first kappa shape index (κ1) is 17.6. The van der Waals surface area contributed by atoms with Crippen LogP contribution in [-0.4, -0.2) is 31.7 Å². The predicted molar refractivity (Wildman–Crippen MR) is 97.6 cm³/mol. The van der Waals surface area contributed by atoms with Crippen LogP contribution in [0.2, 0.25) is 0 Å². The largest absolute Gasteiger partial charge is 0.326 e. The lowest BCUT2D eigenvalue weighted by Gasteiger charge is -2.31. The molecule has 6 heteroatoms. The standard InChI is InChI=1S/C19H22N2O3S/c22-19(20-17-7-3-1-4-8-17)15-16-11-13-21(14-12-16)25(23,24)18-9-5-2-6-10-18/h1-10,16H,11-15H2,(H,20,22). The van der Waals surface area contributed by atoms with E-state index in [4.69, 9.17) is 0 Å². The monoisotopic (exact) mass is 358 g/mol. The van der Waals surface area contributed by atoms with Crippen molar-refractivity contribution in [2.45, 2.75) is 24.2 Å². The van der Waals surface area contributed by atoms with E-state index in [0.29, 0.717) is 37.2 Å². The number of hydrogen-bond donors (Lipinski definition) is 1. The van der Waals surface area contributed by atoms with Gasteiger partial charge in [0.25, 0.3) is 0 Å². The average Bonchev–Trinajstić information content (AvgIpc) is 2.63. The first-order valence-electron chi connectivity index (χ1n) is 8.46. The Morgan fingerprint density at radius 3 is 2.12 bits per heavy atom. The van der Waals surface area contributed by atoms with Gasteiger partial charge in [-0.3, -0.25) is 4.79 Å². The van der Waals surface area contributed by atoms with E-state index in [2.05, 4.69) is 5.32 Å². The van der Waals surface area contributed by atoms with Crippen LogP contribution in [0.4, 0.5) is 5.69 Å². The van der Waals surface area contributed by atoms with Crippen LogP contribution in [-0.2, 0) is 14.8 Å². The number of para-hydroxylation sites is 1. The fourth-order valence-electron chi connectivity index (χ4n) is 3.09. The van der Waals surface area contributed by atoms with Gasteiger partial charge >= 0.3 is 0 Å². The molecule has 2 aromatic rings. The van der Waals surface area contributed by atoms with Gasteiger partial charge in [0.15, 0.2) is 0 Å². The first-order chi connectivity index (χ1) is 12.1. The number of anilines is 1. The van der Waals surface area contributed by atoms with Crippen LogP contribution in [0.5, 0.6) is 0 Å². The molecule has 0 unspecified atom stereocenters. The molecule has 0 radical (unpaired) electrons. The molecule has 1 fully saturated rings. The van der Waals surface area contributed by atoms with Crippen LogP contribution in [0.25, 0.3) is 0 Å². The highest BCUT2D eigenvalue weighted by Crippen LogP contribution is 2.26. The lowest BCUT2D eigenvalue weighted by molar-refractivity contribution is -0.117. The van der Waals surface area contributed by atoms with E-state index in [1.54, 1.807) is 30.3 Å². The maximum atomic E-state index is 12.6. The van der Waals surface area contributed by atoms with Gasteiger partial charge in [-0.1, -0.05) is 36.4 Å². The van der Waals surface area contributed by atoms with Crippen molar-refractivity contribution in [3.05, 3.63) is 60.7 Å². The number of nitrogens with zero attached hydrogens (tertiary/aromatic N) is 1. The molecular weight excluding hydrogens is 336 g/mol. The van der Waals surface area contributed by atoms with Gasteiger partial charge in [0.2, 0.25) is 15.9 Å². The van der Waals surface area contributed by atoms with E-state index in [1.165, 1.54) is 4.31 Å². The van der Waals surface area contributed by atoms with Crippen molar-refractivity contribution in [1.29, 1.82) is 0 Å². The Hall–Kier alpha value is -2.18. The molecule has 132 valence electrons. The molecule has 1 aliphatic rings.